The number of halogens is 1. The van der Waals surface area contributed by atoms with Gasteiger partial charge in [-0.05, 0) is 61.9 Å². The van der Waals surface area contributed by atoms with Crippen LogP contribution in [0, 0.1) is 11.3 Å². The van der Waals surface area contributed by atoms with Crippen molar-refractivity contribution in [3.8, 4) is 5.75 Å². The van der Waals surface area contributed by atoms with E-state index in [1.807, 2.05) is 23.9 Å². The monoisotopic (exact) mass is 767 g/mol. The van der Waals surface area contributed by atoms with E-state index in [4.69, 9.17) is 21.3 Å². The van der Waals surface area contributed by atoms with E-state index in [2.05, 4.69) is 60.3 Å². The average Bonchev–Trinajstić information content (AvgIpc) is 3.47. The van der Waals surface area contributed by atoms with E-state index in [1.54, 1.807) is 25.5 Å². The zero-order valence-corrected chi connectivity index (χ0v) is 31.7. The molecule has 4 N–H and O–H groups in total. The molecular formula is C38H42ClN11O5. The first-order valence-corrected chi connectivity index (χ1v) is 18.7. The molecule has 6 heterocycles. The summed E-state index contributed by atoms with van der Waals surface area (Å²) in [4.78, 5) is 64.7. The molecule has 5 aromatic rings. The summed E-state index contributed by atoms with van der Waals surface area (Å²) in [6.07, 6.45) is 7.13. The number of carbonyl (C=O) groups excluding carboxylic acids is 3. The van der Waals surface area contributed by atoms with Gasteiger partial charge in [-0.3, -0.25) is 33.7 Å². The van der Waals surface area contributed by atoms with Gasteiger partial charge in [0.1, 0.15) is 10.7 Å². The van der Waals surface area contributed by atoms with Crippen molar-refractivity contribution in [3.63, 3.8) is 0 Å². The molecule has 4 aromatic heterocycles. The van der Waals surface area contributed by atoms with E-state index in [0.29, 0.717) is 64.0 Å². The molecule has 0 unspecified atom stereocenters. The predicted octanol–water partition coefficient (Wildman–Crippen LogP) is 3.76. The number of nitrogens with one attached hydrogen (secondary N) is 4. The lowest BCUT2D eigenvalue weighted by atomic mass is 9.64. The first kappa shape index (κ1) is 36.2. The van der Waals surface area contributed by atoms with Crippen molar-refractivity contribution < 1.29 is 19.1 Å². The second kappa shape index (κ2) is 14.1. The summed E-state index contributed by atoms with van der Waals surface area (Å²) in [7, 11) is 4.98. The van der Waals surface area contributed by atoms with Crippen molar-refractivity contribution in [2.24, 2.45) is 25.4 Å². The summed E-state index contributed by atoms with van der Waals surface area (Å²) in [5.74, 6) is 0.195. The summed E-state index contributed by atoms with van der Waals surface area (Å²) in [6.45, 7) is 3.72. The summed E-state index contributed by atoms with van der Waals surface area (Å²) < 4.78 is 8.67. The Morgan fingerprint density at radius 3 is 2.65 bits per heavy atom. The van der Waals surface area contributed by atoms with Crippen molar-refractivity contribution >= 4 is 74.4 Å². The molecule has 16 nitrogen and oxygen atoms in total. The Bertz CT molecular complexity index is 2420. The molecule has 3 atom stereocenters. The maximum Gasteiger partial charge on any atom is 0.294 e. The number of carbonyl (C=O) groups is 3. The highest BCUT2D eigenvalue weighted by Crippen LogP contribution is 2.48. The molecule has 2 aliphatic heterocycles. The first-order chi connectivity index (χ1) is 26.4. The van der Waals surface area contributed by atoms with E-state index in [-0.39, 0.29) is 35.5 Å². The number of anilines is 4. The Balaban J connectivity index is 0.906. The smallest absolute Gasteiger partial charge is 0.294 e. The van der Waals surface area contributed by atoms with Gasteiger partial charge in [0, 0.05) is 68.6 Å². The largest absolute Gasteiger partial charge is 0.478 e. The van der Waals surface area contributed by atoms with Crippen LogP contribution in [0.15, 0.2) is 47.5 Å². The molecule has 1 aromatic carbocycles. The van der Waals surface area contributed by atoms with E-state index in [1.165, 1.54) is 11.6 Å². The Morgan fingerprint density at radius 1 is 1.07 bits per heavy atom. The highest BCUT2D eigenvalue weighted by Gasteiger charge is 2.48. The Labute approximate surface area is 321 Å². The number of nitrogens with zero attached hydrogens (tertiary/aromatic N) is 7. The highest BCUT2D eigenvalue weighted by molar-refractivity contribution is 6.33. The second-order valence-corrected chi connectivity index (χ2v) is 15.4. The number of piperidine rings is 1. The Kier molecular flexibility index (Phi) is 9.31. The number of amides is 3. The van der Waals surface area contributed by atoms with Crippen LogP contribution in [0.25, 0.3) is 21.9 Å². The zero-order chi connectivity index (χ0) is 38.6. The minimum Gasteiger partial charge on any atom is -0.478 e. The minimum absolute atomic E-state index is 0.0408. The van der Waals surface area contributed by atoms with E-state index in [9.17, 15) is 19.2 Å². The molecule has 3 fully saturated rings. The number of rotatable bonds is 9. The number of imide groups is 1. The van der Waals surface area contributed by atoms with E-state index < -0.39 is 11.5 Å². The lowest BCUT2D eigenvalue weighted by Gasteiger charge is -2.55. The van der Waals surface area contributed by atoms with Gasteiger partial charge in [-0.1, -0.05) is 18.5 Å². The molecule has 286 valence electrons. The highest BCUT2D eigenvalue weighted by atomic mass is 35.5. The van der Waals surface area contributed by atoms with Crippen LogP contribution in [0.5, 0.6) is 5.75 Å². The van der Waals surface area contributed by atoms with Crippen LogP contribution >= 0.6 is 11.6 Å². The quantitative estimate of drug-likeness (QED) is 0.159. The maximum atomic E-state index is 12.8. The minimum atomic E-state index is -0.433. The van der Waals surface area contributed by atoms with Crippen molar-refractivity contribution in [1.82, 2.24) is 39.9 Å². The van der Waals surface area contributed by atoms with E-state index >= 15 is 0 Å². The number of aryl methyl sites for hydroxylation is 2. The van der Waals surface area contributed by atoms with Crippen LogP contribution in [0.1, 0.15) is 50.6 Å². The molecule has 1 saturated carbocycles. The number of hydrogen-bond acceptors (Lipinski definition) is 12. The lowest BCUT2D eigenvalue weighted by Crippen LogP contribution is -2.60. The van der Waals surface area contributed by atoms with Crippen LogP contribution < -0.4 is 36.5 Å². The number of hydrogen-bond donors (Lipinski definition) is 4. The van der Waals surface area contributed by atoms with Crippen molar-refractivity contribution in [1.29, 1.82) is 0 Å². The lowest BCUT2D eigenvalue weighted by molar-refractivity contribution is -0.134. The molecule has 1 spiro atoms. The maximum absolute atomic E-state index is 12.8. The molecule has 17 heteroatoms. The first-order valence-electron chi connectivity index (χ1n) is 18.3. The van der Waals surface area contributed by atoms with Crippen LogP contribution in [0.3, 0.4) is 0 Å². The summed E-state index contributed by atoms with van der Waals surface area (Å²) in [5, 5.41) is 18.6. The fraction of sp³-hybridized carbons (Fsp3) is 0.421. The second-order valence-electron chi connectivity index (χ2n) is 15.0. The Hall–Kier alpha value is -5.77. The molecule has 0 bridgehead atoms. The molecule has 0 radical (unpaired) electrons. The molecule has 55 heavy (non-hydrogen) atoms. The van der Waals surface area contributed by atoms with Crippen LogP contribution in [0.4, 0.5) is 23.1 Å². The van der Waals surface area contributed by atoms with Crippen LogP contribution in [-0.4, -0.2) is 79.8 Å². The van der Waals surface area contributed by atoms with Crippen molar-refractivity contribution in [2.45, 2.75) is 51.0 Å². The molecule has 3 amide bonds. The molecule has 8 rings (SSSR count). The number of benzene rings is 1. The number of ether oxygens (including phenoxy) is 1. The van der Waals surface area contributed by atoms with Gasteiger partial charge in [0.05, 0.1) is 35.2 Å². The summed E-state index contributed by atoms with van der Waals surface area (Å²) >= 11 is 6.55. The molecule has 3 aliphatic rings. The number of likely N-dealkylation sites (N-methyl/N-ethyl adjacent to an activating group) is 1. The van der Waals surface area contributed by atoms with Gasteiger partial charge >= 0.3 is 0 Å². The van der Waals surface area contributed by atoms with Crippen LogP contribution in [0.2, 0.25) is 5.02 Å². The SMILES string of the molecule is CNC(=O)COc1cc2cc(Nc3nc(N4CC5(CC[C@H](Nc6ccc7c([C@H]8CCC(=O)NC8=O)nn(C)c7c6)[C@@H](C)C5)C4)ncc3Cl)cnc2n(C)c1=O. The number of aromatic nitrogens is 6. The van der Waals surface area contributed by atoms with Crippen LogP contribution in [-0.2, 0) is 28.5 Å². The van der Waals surface area contributed by atoms with Crippen molar-refractivity contribution in [3.05, 3.63) is 63.8 Å². The fourth-order valence-corrected chi connectivity index (χ4v) is 8.47. The molecule has 2 saturated heterocycles. The number of fused-ring (bicyclic) bond motifs is 2. The molecule has 1 aliphatic carbocycles. The number of pyridine rings is 2. The van der Waals surface area contributed by atoms with Gasteiger partial charge in [0.25, 0.3) is 11.5 Å². The third-order valence-corrected chi connectivity index (χ3v) is 11.5. The van der Waals surface area contributed by atoms with Gasteiger partial charge in [-0.2, -0.15) is 10.1 Å². The third kappa shape index (κ3) is 6.90. The molecular weight excluding hydrogens is 726 g/mol. The summed E-state index contributed by atoms with van der Waals surface area (Å²) in [6, 6.07) is 9.87. The zero-order valence-electron chi connectivity index (χ0n) is 31.0. The normalized spacial score (nSPS) is 20.7. The van der Waals surface area contributed by atoms with Crippen molar-refractivity contribution in [2.75, 3.05) is 42.3 Å². The predicted molar refractivity (Wildman–Crippen MR) is 208 cm³/mol. The van der Waals surface area contributed by atoms with Gasteiger partial charge in [0.15, 0.2) is 18.2 Å². The van der Waals surface area contributed by atoms with Gasteiger partial charge < -0.3 is 25.6 Å². The summed E-state index contributed by atoms with van der Waals surface area (Å²) in [5.41, 5.74) is 3.51. The Morgan fingerprint density at radius 2 is 1.89 bits per heavy atom. The topological polar surface area (TPSA) is 190 Å². The van der Waals surface area contributed by atoms with Gasteiger partial charge in [0.2, 0.25) is 17.8 Å². The third-order valence-electron chi connectivity index (χ3n) is 11.2. The van der Waals surface area contributed by atoms with Gasteiger partial charge in [-0.25, -0.2) is 9.97 Å². The average molecular weight is 768 g/mol. The van der Waals surface area contributed by atoms with E-state index in [0.717, 1.165) is 48.9 Å². The standard InChI is InChI=1S/C38H42ClN11O5/c1-20-14-38(10-9-27(20)43-22-5-6-24-28(13-22)49(4)47-32(24)25-7-8-30(51)45-35(25)53)18-50(19-38)37-42-16-26(39)33(46-37)44-23-11-21-12-29(55-17-31(52)40-2)36(54)48(3)34(21)41-15-23/h5-6,11-13,15-16,20,25,27,43H,7-10,14,17-19H2,1-4H3,(H,40,52)(H,42,44,46)(H,45,51,53)/t20-,25+,27-/m0/s1. The fourth-order valence-electron chi connectivity index (χ4n) is 8.33. The van der Waals surface area contributed by atoms with Gasteiger partial charge in [-0.15, -0.1) is 0 Å².